The van der Waals surface area contributed by atoms with E-state index in [1.54, 1.807) is 6.20 Å². The number of hydrogen-bond acceptors (Lipinski definition) is 5. The van der Waals surface area contributed by atoms with Crippen molar-refractivity contribution in [3.63, 3.8) is 0 Å². The molecular formula is C11H18N4OS. The van der Waals surface area contributed by atoms with Gasteiger partial charge in [-0.25, -0.2) is 4.98 Å². The molecule has 1 aliphatic rings. The van der Waals surface area contributed by atoms with Crippen LogP contribution in [0.25, 0.3) is 0 Å². The van der Waals surface area contributed by atoms with Gasteiger partial charge < -0.3 is 10.6 Å². The molecule has 0 radical (unpaired) electrons. The molecule has 1 aliphatic heterocycles. The first-order valence-electron chi connectivity index (χ1n) is 5.77. The number of carbonyl (C=O) groups is 1. The van der Waals surface area contributed by atoms with Gasteiger partial charge >= 0.3 is 0 Å². The van der Waals surface area contributed by atoms with Gasteiger partial charge in [-0.1, -0.05) is 0 Å². The van der Waals surface area contributed by atoms with Crippen LogP contribution in [0.3, 0.4) is 0 Å². The molecule has 17 heavy (non-hydrogen) atoms. The summed E-state index contributed by atoms with van der Waals surface area (Å²) in [6.45, 7) is 7.60. The summed E-state index contributed by atoms with van der Waals surface area (Å²) >= 11 is 1.44. The predicted molar refractivity (Wildman–Crippen MR) is 69.3 cm³/mol. The van der Waals surface area contributed by atoms with Gasteiger partial charge in [0.05, 0.1) is 5.54 Å². The van der Waals surface area contributed by atoms with E-state index in [9.17, 15) is 4.79 Å². The highest BCUT2D eigenvalue weighted by atomic mass is 32.1. The van der Waals surface area contributed by atoms with E-state index < -0.39 is 5.54 Å². The van der Waals surface area contributed by atoms with Gasteiger partial charge in [0.2, 0.25) is 5.91 Å². The van der Waals surface area contributed by atoms with E-state index in [1.165, 1.54) is 11.3 Å². The molecule has 1 aromatic rings. The zero-order chi connectivity index (χ0) is 12.3. The third-order valence-electron chi connectivity index (χ3n) is 3.12. The largest absolute Gasteiger partial charge is 0.314 e. The molecule has 1 fully saturated rings. The summed E-state index contributed by atoms with van der Waals surface area (Å²) < 4.78 is 0. The zero-order valence-electron chi connectivity index (χ0n) is 10.2. The number of hydrogen-bond donors (Lipinski definition) is 2. The fourth-order valence-electron chi connectivity index (χ4n) is 1.90. The lowest BCUT2D eigenvalue weighted by Gasteiger charge is -2.39. The van der Waals surface area contributed by atoms with Crippen molar-refractivity contribution < 1.29 is 4.79 Å². The topological polar surface area (TPSA) is 57.3 Å². The lowest BCUT2D eigenvalue weighted by Crippen LogP contribution is -2.58. The molecule has 2 rings (SSSR count). The van der Waals surface area contributed by atoms with Crippen molar-refractivity contribution >= 4 is 22.4 Å². The van der Waals surface area contributed by atoms with Crippen LogP contribution in [0.15, 0.2) is 11.6 Å². The maximum atomic E-state index is 12.2. The first-order valence-corrected chi connectivity index (χ1v) is 6.65. The van der Waals surface area contributed by atoms with E-state index >= 15 is 0 Å². The number of nitrogens with zero attached hydrogens (tertiary/aromatic N) is 2. The Balaban J connectivity index is 2.00. The number of piperazine rings is 1. The first kappa shape index (κ1) is 12.5. The number of rotatable bonds is 3. The van der Waals surface area contributed by atoms with Crippen molar-refractivity contribution in [3.05, 3.63) is 11.6 Å². The van der Waals surface area contributed by atoms with Gasteiger partial charge in [-0.3, -0.25) is 9.69 Å². The Morgan fingerprint density at radius 3 is 2.82 bits per heavy atom. The Kier molecular flexibility index (Phi) is 3.76. The molecule has 1 aromatic heterocycles. The molecule has 0 bridgehead atoms. The molecule has 5 nitrogen and oxygen atoms in total. The highest BCUT2D eigenvalue weighted by molar-refractivity contribution is 7.13. The number of nitrogens with one attached hydrogen (secondary N) is 2. The van der Waals surface area contributed by atoms with Crippen LogP contribution in [0.5, 0.6) is 0 Å². The van der Waals surface area contributed by atoms with Crippen LogP contribution in [-0.2, 0) is 4.79 Å². The quantitative estimate of drug-likeness (QED) is 0.836. The summed E-state index contributed by atoms with van der Waals surface area (Å²) in [7, 11) is 0. The maximum absolute atomic E-state index is 12.2. The van der Waals surface area contributed by atoms with E-state index in [4.69, 9.17) is 0 Å². The maximum Gasteiger partial charge on any atom is 0.246 e. The Hall–Kier alpha value is -0.980. The molecule has 0 unspecified atom stereocenters. The number of thiazole rings is 1. The molecule has 94 valence electrons. The first-order chi connectivity index (χ1) is 8.10. The average Bonchev–Trinajstić information content (AvgIpc) is 2.83. The van der Waals surface area contributed by atoms with Crippen LogP contribution in [0.1, 0.15) is 13.8 Å². The van der Waals surface area contributed by atoms with Gasteiger partial charge in [0.15, 0.2) is 5.13 Å². The molecule has 1 saturated heterocycles. The van der Waals surface area contributed by atoms with Crippen LogP contribution < -0.4 is 10.6 Å². The van der Waals surface area contributed by atoms with Gasteiger partial charge in [0, 0.05) is 37.8 Å². The van der Waals surface area contributed by atoms with Crippen LogP contribution in [0.4, 0.5) is 5.13 Å². The molecule has 1 amide bonds. The number of anilines is 1. The molecule has 0 spiro atoms. The molecule has 0 saturated carbocycles. The molecule has 0 aromatic carbocycles. The Labute approximate surface area is 105 Å². The summed E-state index contributed by atoms with van der Waals surface area (Å²) in [6, 6.07) is 0. The van der Waals surface area contributed by atoms with Crippen molar-refractivity contribution in [3.8, 4) is 0 Å². The minimum Gasteiger partial charge on any atom is -0.314 e. The smallest absolute Gasteiger partial charge is 0.246 e. The second-order valence-corrected chi connectivity index (χ2v) is 5.48. The van der Waals surface area contributed by atoms with Gasteiger partial charge in [0.25, 0.3) is 0 Å². The average molecular weight is 254 g/mol. The van der Waals surface area contributed by atoms with E-state index in [2.05, 4.69) is 20.5 Å². The van der Waals surface area contributed by atoms with Crippen molar-refractivity contribution in [1.82, 2.24) is 15.2 Å². The highest BCUT2D eigenvalue weighted by Crippen LogP contribution is 2.19. The molecule has 0 atom stereocenters. The summed E-state index contributed by atoms with van der Waals surface area (Å²) in [4.78, 5) is 18.5. The van der Waals surface area contributed by atoms with E-state index in [0.717, 1.165) is 26.2 Å². The van der Waals surface area contributed by atoms with Crippen molar-refractivity contribution in [1.29, 1.82) is 0 Å². The minimum absolute atomic E-state index is 0.00866. The summed E-state index contributed by atoms with van der Waals surface area (Å²) in [5.74, 6) is 0.00866. The van der Waals surface area contributed by atoms with Crippen LogP contribution in [0.2, 0.25) is 0 Å². The van der Waals surface area contributed by atoms with Gasteiger partial charge in [-0.15, -0.1) is 11.3 Å². The summed E-state index contributed by atoms with van der Waals surface area (Å²) in [6.07, 6.45) is 1.69. The number of amides is 1. The highest BCUT2D eigenvalue weighted by Gasteiger charge is 2.35. The lowest BCUT2D eigenvalue weighted by atomic mass is 10.0. The Morgan fingerprint density at radius 2 is 2.24 bits per heavy atom. The zero-order valence-corrected chi connectivity index (χ0v) is 11.0. The van der Waals surface area contributed by atoms with E-state index in [-0.39, 0.29) is 5.91 Å². The standard InChI is InChI=1S/C11H18N4OS/c1-11(2,15-6-3-12-4-7-15)9(16)14-10-13-5-8-17-10/h5,8,12H,3-4,6-7H2,1-2H3,(H,13,14,16). The monoisotopic (exact) mass is 254 g/mol. The fourth-order valence-corrected chi connectivity index (χ4v) is 2.43. The summed E-state index contributed by atoms with van der Waals surface area (Å²) in [5.41, 5.74) is -0.492. The van der Waals surface area contributed by atoms with Crippen molar-refractivity contribution in [2.24, 2.45) is 0 Å². The molecular weight excluding hydrogens is 236 g/mol. The Bertz CT molecular complexity index is 371. The second kappa shape index (κ2) is 5.12. The normalized spacial score (nSPS) is 18.0. The van der Waals surface area contributed by atoms with Crippen LogP contribution in [0, 0.1) is 0 Å². The second-order valence-electron chi connectivity index (χ2n) is 4.59. The van der Waals surface area contributed by atoms with E-state index in [0.29, 0.717) is 5.13 Å². The lowest BCUT2D eigenvalue weighted by molar-refractivity contribution is -0.126. The number of carbonyl (C=O) groups excluding carboxylic acids is 1. The third-order valence-corrected chi connectivity index (χ3v) is 3.80. The SMILES string of the molecule is CC(C)(C(=O)Nc1nccs1)N1CCNCC1. The van der Waals surface area contributed by atoms with Gasteiger partial charge in [0.1, 0.15) is 0 Å². The van der Waals surface area contributed by atoms with Gasteiger partial charge in [-0.05, 0) is 13.8 Å². The van der Waals surface area contributed by atoms with Crippen molar-refractivity contribution in [2.75, 3.05) is 31.5 Å². The molecule has 2 N–H and O–H groups in total. The van der Waals surface area contributed by atoms with Crippen molar-refractivity contribution in [2.45, 2.75) is 19.4 Å². The van der Waals surface area contributed by atoms with E-state index in [1.807, 2.05) is 19.2 Å². The molecule has 6 heteroatoms. The van der Waals surface area contributed by atoms with Crippen LogP contribution in [-0.4, -0.2) is 47.5 Å². The van der Waals surface area contributed by atoms with Crippen LogP contribution >= 0.6 is 11.3 Å². The summed E-state index contributed by atoms with van der Waals surface area (Å²) in [5, 5.41) is 8.67. The predicted octanol–water partition coefficient (Wildman–Crippen LogP) is 0.765. The Morgan fingerprint density at radius 1 is 1.53 bits per heavy atom. The molecule has 0 aliphatic carbocycles. The third kappa shape index (κ3) is 2.83. The number of aromatic nitrogens is 1. The minimum atomic E-state index is -0.492. The fraction of sp³-hybridized carbons (Fsp3) is 0.636. The van der Waals surface area contributed by atoms with Gasteiger partial charge in [-0.2, -0.15) is 0 Å². The molecule has 2 heterocycles.